The largest absolute Gasteiger partial charge is 0.345 e. The molecule has 0 aliphatic heterocycles. The van der Waals surface area contributed by atoms with E-state index in [1.165, 1.54) is 6.08 Å². The molecule has 1 N–H and O–H groups in total. The molecule has 0 radical (unpaired) electrons. The average Bonchev–Trinajstić information content (AvgIpc) is 2.58. The second kappa shape index (κ2) is 8.25. The summed E-state index contributed by atoms with van der Waals surface area (Å²) >= 11 is 3.27. The number of aromatic nitrogens is 1. The van der Waals surface area contributed by atoms with Crippen molar-refractivity contribution < 1.29 is 4.79 Å². The van der Waals surface area contributed by atoms with Gasteiger partial charge in [0.05, 0.1) is 11.7 Å². The van der Waals surface area contributed by atoms with E-state index in [9.17, 15) is 10.1 Å². The monoisotopic (exact) mass is 369 g/mol. The molecule has 0 aliphatic carbocycles. The number of nitrogens with zero attached hydrogens (tertiary/aromatic N) is 2. The molecule has 0 saturated heterocycles. The first kappa shape index (κ1) is 16.9. The lowest BCUT2D eigenvalue weighted by atomic mass is 10.0. The van der Waals surface area contributed by atoms with E-state index >= 15 is 0 Å². The molecular formula is C18H16BrN3O. The number of hydrogen-bond donors (Lipinski definition) is 1. The quantitative estimate of drug-likeness (QED) is 0.491. The van der Waals surface area contributed by atoms with E-state index in [0.29, 0.717) is 10.3 Å². The molecule has 0 unspecified atom stereocenters. The van der Waals surface area contributed by atoms with Gasteiger partial charge in [-0.15, -0.1) is 0 Å². The summed E-state index contributed by atoms with van der Waals surface area (Å²) in [4.78, 5) is 16.6. The number of amides is 1. The summed E-state index contributed by atoms with van der Waals surface area (Å²) in [5, 5.41) is 12.2. The summed E-state index contributed by atoms with van der Waals surface area (Å²) < 4.78 is 0.652. The summed E-state index contributed by atoms with van der Waals surface area (Å²) in [6, 6.07) is 16.8. The second-order valence-electron chi connectivity index (χ2n) is 4.90. The number of rotatable bonds is 5. The van der Waals surface area contributed by atoms with Crippen molar-refractivity contribution in [3.63, 3.8) is 0 Å². The molecule has 1 aromatic carbocycles. The van der Waals surface area contributed by atoms with E-state index < -0.39 is 5.91 Å². The van der Waals surface area contributed by atoms with Crippen LogP contribution in [0.25, 0.3) is 6.08 Å². The number of carbonyl (C=O) groups excluding carboxylic acids is 1. The Kier molecular flexibility index (Phi) is 6.07. The zero-order valence-corrected chi connectivity index (χ0v) is 14.2. The van der Waals surface area contributed by atoms with Gasteiger partial charge in [0.1, 0.15) is 16.2 Å². The normalized spacial score (nSPS) is 12.3. The van der Waals surface area contributed by atoms with Crippen molar-refractivity contribution in [1.29, 1.82) is 5.26 Å². The van der Waals surface area contributed by atoms with Crippen LogP contribution in [-0.4, -0.2) is 10.9 Å². The Morgan fingerprint density at radius 2 is 2.04 bits per heavy atom. The molecule has 0 fully saturated rings. The highest BCUT2D eigenvalue weighted by atomic mass is 79.9. The van der Waals surface area contributed by atoms with Crippen LogP contribution in [0, 0.1) is 11.3 Å². The minimum absolute atomic E-state index is 0.0324. The van der Waals surface area contributed by atoms with Crippen LogP contribution in [0.1, 0.15) is 30.6 Å². The van der Waals surface area contributed by atoms with Gasteiger partial charge in [0.25, 0.3) is 5.91 Å². The van der Waals surface area contributed by atoms with Gasteiger partial charge in [-0.3, -0.25) is 4.79 Å². The summed E-state index contributed by atoms with van der Waals surface area (Å²) in [6.07, 6.45) is 2.22. The number of pyridine rings is 1. The standard InChI is InChI=1S/C18H16BrN3O/c1-2-16(13-7-4-3-5-8-13)22-18(23)14(12-20)11-15-9-6-10-17(19)21-15/h3-11,16H,2H2,1H3,(H,22,23)/t16-/m0/s1. The van der Waals surface area contributed by atoms with E-state index in [1.54, 1.807) is 18.2 Å². The van der Waals surface area contributed by atoms with E-state index in [1.807, 2.05) is 43.3 Å². The minimum Gasteiger partial charge on any atom is -0.345 e. The van der Waals surface area contributed by atoms with Gasteiger partial charge >= 0.3 is 0 Å². The summed E-state index contributed by atoms with van der Waals surface area (Å²) in [6.45, 7) is 1.99. The molecule has 1 amide bonds. The van der Waals surface area contributed by atoms with E-state index in [-0.39, 0.29) is 11.6 Å². The number of hydrogen-bond acceptors (Lipinski definition) is 3. The molecule has 0 bridgehead atoms. The van der Waals surface area contributed by atoms with Crippen molar-refractivity contribution in [2.45, 2.75) is 19.4 Å². The van der Waals surface area contributed by atoms with Gasteiger partial charge in [0, 0.05) is 0 Å². The van der Waals surface area contributed by atoms with Crippen LogP contribution in [0.2, 0.25) is 0 Å². The molecule has 2 aromatic rings. The number of nitrogens with one attached hydrogen (secondary N) is 1. The maximum atomic E-state index is 12.4. The first-order valence-electron chi connectivity index (χ1n) is 7.24. The fourth-order valence-corrected chi connectivity index (χ4v) is 2.50. The predicted molar refractivity (Wildman–Crippen MR) is 93.1 cm³/mol. The average molecular weight is 370 g/mol. The van der Waals surface area contributed by atoms with Crippen molar-refractivity contribution in [3.05, 3.63) is 70.0 Å². The zero-order chi connectivity index (χ0) is 16.7. The fraction of sp³-hybridized carbons (Fsp3) is 0.167. The Hall–Kier alpha value is -2.45. The number of halogens is 1. The maximum Gasteiger partial charge on any atom is 0.262 e. The van der Waals surface area contributed by atoms with Gasteiger partial charge in [0.15, 0.2) is 0 Å². The lowest BCUT2D eigenvalue weighted by Gasteiger charge is -2.17. The van der Waals surface area contributed by atoms with Crippen LogP contribution < -0.4 is 5.32 Å². The third-order valence-corrected chi connectivity index (χ3v) is 3.75. The fourth-order valence-electron chi connectivity index (χ4n) is 2.14. The molecule has 2 rings (SSSR count). The molecule has 23 heavy (non-hydrogen) atoms. The van der Waals surface area contributed by atoms with Crippen molar-refractivity contribution in [2.24, 2.45) is 0 Å². The van der Waals surface area contributed by atoms with Gasteiger partial charge in [0.2, 0.25) is 0 Å². The smallest absolute Gasteiger partial charge is 0.262 e. The molecule has 0 saturated carbocycles. The molecule has 4 nitrogen and oxygen atoms in total. The van der Waals surface area contributed by atoms with Gasteiger partial charge in [-0.1, -0.05) is 43.3 Å². The first-order chi connectivity index (χ1) is 11.1. The van der Waals surface area contributed by atoms with Gasteiger partial charge < -0.3 is 5.32 Å². The summed E-state index contributed by atoms with van der Waals surface area (Å²) in [5.41, 5.74) is 1.60. The number of benzene rings is 1. The molecule has 1 aromatic heterocycles. The highest BCUT2D eigenvalue weighted by molar-refractivity contribution is 9.10. The Labute approximate surface area is 144 Å². The molecule has 1 heterocycles. The van der Waals surface area contributed by atoms with E-state index in [4.69, 9.17) is 0 Å². The van der Waals surface area contributed by atoms with Crippen molar-refractivity contribution in [3.8, 4) is 6.07 Å². The van der Waals surface area contributed by atoms with Crippen LogP contribution in [0.5, 0.6) is 0 Å². The highest BCUT2D eigenvalue weighted by Crippen LogP contribution is 2.17. The summed E-state index contributed by atoms with van der Waals surface area (Å²) in [5.74, 6) is -0.398. The Balaban J connectivity index is 2.18. The van der Waals surface area contributed by atoms with Gasteiger partial charge in [-0.25, -0.2) is 4.98 Å². The summed E-state index contributed by atoms with van der Waals surface area (Å²) in [7, 11) is 0. The topological polar surface area (TPSA) is 65.8 Å². The lowest BCUT2D eigenvalue weighted by molar-refractivity contribution is -0.117. The van der Waals surface area contributed by atoms with Gasteiger partial charge in [-0.05, 0) is 46.1 Å². The molecule has 116 valence electrons. The van der Waals surface area contributed by atoms with E-state index in [2.05, 4.69) is 26.2 Å². The van der Waals surface area contributed by atoms with Crippen LogP contribution in [0.3, 0.4) is 0 Å². The lowest BCUT2D eigenvalue weighted by Crippen LogP contribution is -2.29. The van der Waals surface area contributed by atoms with Crippen molar-refractivity contribution in [2.75, 3.05) is 0 Å². The SMILES string of the molecule is CC[C@H](NC(=O)C(C#N)=Cc1cccc(Br)n1)c1ccccc1. The molecular weight excluding hydrogens is 354 g/mol. The van der Waals surface area contributed by atoms with Crippen molar-refractivity contribution >= 4 is 27.9 Å². The number of nitriles is 1. The van der Waals surface area contributed by atoms with Crippen LogP contribution >= 0.6 is 15.9 Å². The number of carbonyl (C=O) groups is 1. The van der Waals surface area contributed by atoms with Crippen LogP contribution in [-0.2, 0) is 4.79 Å². The Morgan fingerprint density at radius 1 is 1.30 bits per heavy atom. The molecule has 0 aliphatic rings. The zero-order valence-electron chi connectivity index (χ0n) is 12.7. The van der Waals surface area contributed by atoms with Gasteiger partial charge in [-0.2, -0.15) is 5.26 Å². The third kappa shape index (κ3) is 4.76. The molecule has 1 atom stereocenters. The van der Waals surface area contributed by atoms with E-state index in [0.717, 1.165) is 12.0 Å². The third-order valence-electron chi connectivity index (χ3n) is 3.31. The Morgan fingerprint density at radius 3 is 2.65 bits per heavy atom. The molecule has 0 spiro atoms. The second-order valence-corrected chi connectivity index (χ2v) is 5.71. The Bertz CT molecular complexity index is 750. The molecule has 5 heteroatoms. The van der Waals surface area contributed by atoms with Crippen LogP contribution in [0.4, 0.5) is 0 Å². The predicted octanol–water partition coefficient (Wildman–Crippen LogP) is 4.02. The highest BCUT2D eigenvalue weighted by Gasteiger charge is 2.16. The minimum atomic E-state index is -0.398. The first-order valence-corrected chi connectivity index (χ1v) is 8.03. The maximum absolute atomic E-state index is 12.4. The van der Waals surface area contributed by atoms with Crippen LogP contribution in [0.15, 0.2) is 58.7 Å². The van der Waals surface area contributed by atoms with Crippen molar-refractivity contribution in [1.82, 2.24) is 10.3 Å².